The van der Waals surface area contributed by atoms with Crippen LogP contribution in [0.2, 0.25) is 0 Å². The lowest BCUT2D eigenvalue weighted by molar-refractivity contribution is -0.384. The summed E-state index contributed by atoms with van der Waals surface area (Å²) in [5, 5.41) is 14.6. The van der Waals surface area contributed by atoms with Crippen LogP contribution in [-0.4, -0.2) is 15.8 Å². The summed E-state index contributed by atoms with van der Waals surface area (Å²) >= 11 is 1.44. The molecule has 0 bridgehead atoms. The van der Waals surface area contributed by atoms with E-state index >= 15 is 0 Å². The Bertz CT molecular complexity index is 1200. The van der Waals surface area contributed by atoms with E-state index in [9.17, 15) is 14.9 Å². The largest absolute Gasteiger partial charge is 0.319 e. The van der Waals surface area contributed by atoms with E-state index < -0.39 is 4.92 Å². The molecule has 0 spiro atoms. The molecule has 0 radical (unpaired) electrons. The van der Waals surface area contributed by atoms with E-state index in [2.05, 4.69) is 10.3 Å². The SMILES string of the molecule is O=C(NC(=Cc1cccc([N+](=O)[O-])c1)c1nc2ccccc2s1)c1ccccc1. The molecular weight excluding hydrogens is 386 g/mol. The van der Waals surface area contributed by atoms with Crippen molar-refractivity contribution in [3.8, 4) is 0 Å². The molecule has 0 aliphatic heterocycles. The summed E-state index contributed by atoms with van der Waals surface area (Å²) in [7, 11) is 0. The van der Waals surface area contributed by atoms with Crippen molar-refractivity contribution < 1.29 is 9.72 Å². The quantitative estimate of drug-likeness (QED) is 0.371. The third kappa shape index (κ3) is 4.20. The van der Waals surface area contributed by atoms with Crippen molar-refractivity contribution in [3.63, 3.8) is 0 Å². The summed E-state index contributed by atoms with van der Waals surface area (Å²) in [6, 6.07) is 22.8. The van der Waals surface area contributed by atoms with Crippen LogP contribution in [0, 0.1) is 10.1 Å². The van der Waals surface area contributed by atoms with Gasteiger partial charge in [0.1, 0.15) is 5.01 Å². The Morgan fingerprint density at radius 3 is 2.52 bits per heavy atom. The van der Waals surface area contributed by atoms with Crippen LogP contribution >= 0.6 is 11.3 Å². The number of thiazole rings is 1. The first-order valence-electron chi connectivity index (χ1n) is 8.79. The lowest BCUT2D eigenvalue weighted by Crippen LogP contribution is -2.21. The highest BCUT2D eigenvalue weighted by Gasteiger charge is 2.14. The number of carbonyl (C=O) groups is 1. The highest BCUT2D eigenvalue weighted by atomic mass is 32.1. The van der Waals surface area contributed by atoms with Gasteiger partial charge in [0.15, 0.2) is 0 Å². The first-order valence-corrected chi connectivity index (χ1v) is 9.60. The van der Waals surface area contributed by atoms with Crippen molar-refractivity contribution in [2.24, 2.45) is 0 Å². The van der Waals surface area contributed by atoms with E-state index in [4.69, 9.17) is 0 Å². The number of non-ortho nitro benzene ring substituents is 1. The minimum absolute atomic E-state index is 0.0169. The Morgan fingerprint density at radius 1 is 1.00 bits per heavy atom. The number of aromatic nitrogens is 1. The molecule has 7 heteroatoms. The van der Waals surface area contributed by atoms with Crippen LogP contribution in [0.15, 0.2) is 78.9 Å². The zero-order chi connectivity index (χ0) is 20.2. The van der Waals surface area contributed by atoms with Gasteiger partial charge in [-0.15, -0.1) is 11.3 Å². The van der Waals surface area contributed by atoms with E-state index in [1.165, 1.54) is 23.5 Å². The Balaban J connectivity index is 1.77. The summed E-state index contributed by atoms with van der Waals surface area (Å²) in [6.45, 7) is 0. The lowest BCUT2D eigenvalue weighted by atomic mass is 10.1. The molecule has 142 valence electrons. The van der Waals surface area contributed by atoms with Crippen molar-refractivity contribution in [2.75, 3.05) is 0 Å². The van der Waals surface area contributed by atoms with Gasteiger partial charge >= 0.3 is 0 Å². The van der Waals surface area contributed by atoms with Gasteiger partial charge in [0.05, 0.1) is 20.8 Å². The molecule has 3 aromatic carbocycles. The third-order valence-electron chi connectivity index (χ3n) is 4.20. The standard InChI is InChI=1S/C22H15N3O3S/c26-21(16-8-2-1-3-9-16)23-19(14-15-7-6-10-17(13-15)25(27)28)22-24-18-11-4-5-12-20(18)29-22/h1-14H,(H,23,26). The smallest absolute Gasteiger partial charge is 0.270 e. The van der Waals surface area contributed by atoms with Crippen LogP contribution in [0.1, 0.15) is 20.9 Å². The number of carbonyl (C=O) groups excluding carboxylic acids is 1. The lowest BCUT2D eigenvalue weighted by Gasteiger charge is -2.08. The Labute approximate surface area is 170 Å². The summed E-state index contributed by atoms with van der Waals surface area (Å²) in [5.74, 6) is -0.276. The first-order chi connectivity index (χ1) is 14.1. The number of nitro benzene ring substituents is 1. The predicted octanol–water partition coefficient (Wildman–Crippen LogP) is 5.13. The number of amides is 1. The highest BCUT2D eigenvalue weighted by molar-refractivity contribution is 7.19. The minimum Gasteiger partial charge on any atom is -0.319 e. The van der Waals surface area contributed by atoms with Crippen molar-refractivity contribution in [1.29, 1.82) is 0 Å². The molecule has 1 amide bonds. The second-order valence-electron chi connectivity index (χ2n) is 6.22. The monoisotopic (exact) mass is 401 g/mol. The molecule has 0 atom stereocenters. The maximum Gasteiger partial charge on any atom is 0.270 e. The van der Waals surface area contributed by atoms with Crippen molar-refractivity contribution >= 4 is 44.9 Å². The molecular formula is C22H15N3O3S. The van der Waals surface area contributed by atoms with Crippen LogP contribution in [0.25, 0.3) is 22.0 Å². The molecule has 0 saturated heterocycles. The molecule has 0 aliphatic carbocycles. The van der Waals surface area contributed by atoms with Gasteiger partial charge in [-0.05, 0) is 35.9 Å². The fourth-order valence-electron chi connectivity index (χ4n) is 2.82. The van der Waals surface area contributed by atoms with Crippen molar-refractivity contribution in [3.05, 3.63) is 105 Å². The molecule has 0 aliphatic rings. The molecule has 1 N–H and O–H groups in total. The van der Waals surface area contributed by atoms with Gasteiger partial charge in [-0.3, -0.25) is 14.9 Å². The molecule has 6 nitrogen and oxygen atoms in total. The summed E-state index contributed by atoms with van der Waals surface area (Å²) in [5.41, 5.74) is 2.41. The van der Waals surface area contributed by atoms with Crippen LogP contribution in [-0.2, 0) is 0 Å². The average Bonchev–Trinajstić information content (AvgIpc) is 3.18. The molecule has 0 unspecified atom stereocenters. The number of rotatable bonds is 5. The number of para-hydroxylation sites is 1. The van der Waals surface area contributed by atoms with Gasteiger partial charge in [-0.2, -0.15) is 0 Å². The number of nitrogens with one attached hydrogen (secondary N) is 1. The van der Waals surface area contributed by atoms with E-state index in [1.807, 2.05) is 30.3 Å². The van der Waals surface area contributed by atoms with Gasteiger partial charge in [0, 0.05) is 17.7 Å². The van der Waals surface area contributed by atoms with Crippen LogP contribution in [0.3, 0.4) is 0 Å². The van der Waals surface area contributed by atoms with E-state index in [-0.39, 0.29) is 11.6 Å². The highest BCUT2D eigenvalue weighted by Crippen LogP contribution is 2.28. The Hall–Kier alpha value is -3.84. The van der Waals surface area contributed by atoms with E-state index in [1.54, 1.807) is 42.5 Å². The summed E-state index contributed by atoms with van der Waals surface area (Å²) in [6.07, 6.45) is 1.70. The van der Waals surface area contributed by atoms with Gasteiger partial charge in [-0.25, -0.2) is 4.98 Å². The number of nitrogens with zero attached hydrogens (tertiary/aromatic N) is 2. The summed E-state index contributed by atoms with van der Waals surface area (Å²) in [4.78, 5) is 28.0. The molecule has 4 aromatic rings. The summed E-state index contributed by atoms with van der Waals surface area (Å²) < 4.78 is 0.987. The third-order valence-corrected chi connectivity index (χ3v) is 5.27. The van der Waals surface area contributed by atoms with E-state index in [0.29, 0.717) is 21.8 Å². The normalized spacial score (nSPS) is 11.4. The minimum atomic E-state index is -0.447. The molecule has 0 saturated carbocycles. The van der Waals surface area contributed by atoms with Crippen LogP contribution in [0.5, 0.6) is 0 Å². The number of hydrogen-bond acceptors (Lipinski definition) is 5. The molecule has 0 fully saturated rings. The zero-order valence-electron chi connectivity index (χ0n) is 15.1. The van der Waals surface area contributed by atoms with Gasteiger partial charge in [0.25, 0.3) is 11.6 Å². The van der Waals surface area contributed by atoms with Crippen molar-refractivity contribution in [2.45, 2.75) is 0 Å². The topological polar surface area (TPSA) is 85.1 Å². The molecule has 1 heterocycles. The molecule has 1 aromatic heterocycles. The number of nitro groups is 1. The Morgan fingerprint density at radius 2 is 1.76 bits per heavy atom. The number of fused-ring (bicyclic) bond motifs is 1. The second kappa shape index (κ2) is 8.04. The fourth-order valence-corrected chi connectivity index (χ4v) is 3.75. The maximum absolute atomic E-state index is 12.7. The molecule has 29 heavy (non-hydrogen) atoms. The van der Waals surface area contributed by atoms with Crippen LogP contribution in [0.4, 0.5) is 5.69 Å². The predicted molar refractivity (Wildman–Crippen MR) is 114 cm³/mol. The Kier molecular flexibility index (Phi) is 5.13. The fraction of sp³-hybridized carbons (Fsp3) is 0. The molecule has 4 rings (SSSR count). The second-order valence-corrected chi connectivity index (χ2v) is 7.25. The van der Waals surface area contributed by atoms with E-state index in [0.717, 1.165) is 10.2 Å². The van der Waals surface area contributed by atoms with Crippen molar-refractivity contribution in [1.82, 2.24) is 10.3 Å². The first kappa shape index (κ1) is 18.5. The number of hydrogen-bond donors (Lipinski definition) is 1. The average molecular weight is 401 g/mol. The van der Waals surface area contributed by atoms with Crippen LogP contribution < -0.4 is 5.32 Å². The zero-order valence-corrected chi connectivity index (χ0v) is 15.9. The van der Waals surface area contributed by atoms with Gasteiger partial charge in [-0.1, -0.05) is 42.5 Å². The van der Waals surface area contributed by atoms with Gasteiger partial charge in [0.2, 0.25) is 0 Å². The number of benzene rings is 3. The van der Waals surface area contributed by atoms with Gasteiger partial charge < -0.3 is 5.32 Å². The maximum atomic E-state index is 12.7.